The van der Waals surface area contributed by atoms with Crippen LogP contribution < -0.4 is 5.32 Å². The predicted octanol–water partition coefficient (Wildman–Crippen LogP) is 2.13. The van der Waals surface area contributed by atoms with E-state index in [0.29, 0.717) is 12.0 Å². The summed E-state index contributed by atoms with van der Waals surface area (Å²) in [4.78, 5) is 22.3. The van der Waals surface area contributed by atoms with Crippen molar-refractivity contribution in [2.45, 2.75) is 32.9 Å². The van der Waals surface area contributed by atoms with Crippen molar-refractivity contribution in [2.24, 2.45) is 5.16 Å². The van der Waals surface area contributed by atoms with Gasteiger partial charge >= 0.3 is 0 Å². The Morgan fingerprint density at radius 1 is 1.45 bits per heavy atom. The summed E-state index contributed by atoms with van der Waals surface area (Å²) in [6.07, 6.45) is 1.64. The molecule has 0 spiro atoms. The minimum absolute atomic E-state index is 0.249. The molecule has 0 saturated heterocycles. The first-order valence-corrected chi connectivity index (χ1v) is 6.87. The molecule has 1 atom stereocenters. The molecule has 22 heavy (non-hydrogen) atoms. The first-order valence-electron chi connectivity index (χ1n) is 6.87. The van der Waals surface area contributed by atoms with Gasteiger partial charge in [-0.25, -0.2) is 0 Å². The fraction of sp³-hybridized carbons (Fsp3) is 0.333. The molecule has 0 radical (unpaired) electrons. The van der Waals surface area contributed by atoms with Crippen molar-refractivity contribution in [3.8, 4) is 0 Å². The van der Waals surface area contributed by atoms with Crippen LogP contribution in [0.1, 0.15) is 25.8 Å². The third kappa shape index (κ3) is 5.01. The van der Waals surface area contributed by atoms with Gasteiger partial charge < -0.3 is 10.5 Å². The lowest BCUT2D eigenvalue weighted by atomic mass is 10.0. The second-order valence-corrected chi connectivity index (χ2v) is 4.69. The molecule has 0 aromatic heterocycles. The number of hydrogen-bond acceptors (Lipinski definition) is 5. The average molecular weight is 305 g/mol. The fourth-order valence-electron chi connectivity index (χ4n) is 1.84. The van der Waals surface area contributed by atoms with Gasteiger partial charge in [0.25, 0.3) is 5.91 Å². The summed E-state index contributed by atoms with van der Waals surface area (Å²) in [5.74, 6) is -0.590. The number of carbonyl (C=O) groups is 1. The highest BCUT2D eigenvalue weighted by molar-refractivity contribution is 6.43. The van der Waals surface area contributed by atoms with Crippen LogP contribution in [0, 0.1) is 10.1 Å². The molecular weight excluding hydrogens is 286 g/mol. The Balaban J connectivity index is 2.78. The van der Waals surface area contributed by atoms with Crippen molar-refractivity contribution >= 4 is 11.6 Å². The van der Waals surface area contributed by atoms with E-state index in [1.54, 1.807) is 6.92 Å². The molecule has 0 heterocycles. The van der Waals surface area contributed by atoms with Gasteiger partial charge in [0.2, 0.25) is 6.04 Å². The van der Waals surface area contributed by atoms with Gasteiger partial charge in [0.15, 0.2) is 5.71 Å². The first-order chi connectivity index (χ1) is 10.5. The lowest BCUT2D eigenvalue weighted by molar-refractivity contribution is -0.507. The molecule has 0 aliphatic carbocycles. The summed E-state index contributed by atoms with van der Waals surface area (Å²) in [5, 5.41) is 25.3. The van der Waals surface area contributed by atoms with E-state index < -0.39 is 16.9 Å². The molecule has 7 heteroatoms. The average Bonchev–Trinajstić information content (AvgIpc) is 2.54. The summed E-state index contributed by atoms with van der Waals surface area (Å²) in [5.41, 5.74) is 1.06. The minimum Gasteiger partial charge on any atom is -0.410 e. The Bertz CT molecular complexity index is 582. The van der Waals surface area contributed by atoms with Crippen LogP contribution in [0.3, 0.4) is 0 Å². The Hall–Kier alpha value is -2.70. The predicted molar refractivity (Wildman–Crippen MR) is 82.3 cm³/mol. The monoisotopic (exact) mass is 305 g/mol. The number of nitrogens with one attached hydrogen (secondary N) is 1. The molecule has 2 N–H and O–H groups in total. The van der Waals surface area contributed by atoms with Crippen molar-refractivity contribution < 1.29 is 14.9 Å². The molecular formula is C15H19N3O4. The number of benzene rings is 1. The van der Waals surface area contributed by atoms with Crippen molar-refractivity contribution in [1.82, 2.24) is 5.32 Å². The highest BCUT2D eigenvalue weighted by Gasteiger charge is 2.20. The van der Waals surface area contributed by atoms with Crippen LogP contribution >= 0.6 is 0 Å². The second-order valence-electron chi connectivity index (χ2n) is 4.69. The molecule has 1 aromatic carbocycles. The Labute approximate surface area is 128 Å². The van der Waals surface area contributed by atoms with Crippen molar-refractivity contribution in [1.29, 1.82) is 0 Å². The van der Waals surface area contributed by atoms with Gasteiger partial charge in [-0.1, -0.05) is 42.4 Å². The Kier molecular flexibility index (Phi) is 6.75. The van der Waals surface area contributed by atoms with E-state index in [9.17, 15) is 14.9 Å². The van der Waals surface area contributed by atoms with E-state index in [-0.39, 0.29) is 12.3 Å². The molecule has 1 aromatic rings. The third-order valence-electron chi connectivity index (χ3n) is 3.22. The van der Waals surface area contributed by atoms with Crippen LogP contribution in [0.5, 0.6) is 0 Å². The van der Waals surface area contributed by atoms with Crippen LogP contribution in [-0.2, 0) is 11.3 Å². The molecule has 0 fully saturated rings. The molecule has 118 valence electrons. The van der Waals surface area contributed by atoms with Gasteiger partial charge in [-0.3, -0.25) is 14.9 Å². The molecule has 0 aliphatic heterocycles. The van der Waals surface area contributed by atoms with Crippen LogP contribution in [0.2, 0.25) is 0 Å². The zero-order valence-corrected chi connectivity index (χ0v) is 12.5. The first kappa shape index (κ1) is 17.4. The molecule has 0 saturated carbocycles. The van der Waals surface area contributed by atoms with Crippen LogP contribution in [-0.4, -0.2) is 27.8 Å². The smallest absolute Gasteiger partial charge is 0.273 e. The van der Waals surface area contributed by atoms with Crippen molar-refractivity contribution in [2.75, 3.05) is 0 Å². The van der Waals surface area contributed by atoms with Crippen LogP contribution in [0.25, 0.3) is 0 Å². The Morgan fingerprint density at radius 2 is 2.09 bits per heavy atom. The normalized spacial score (nSPS) is 13.5. The number of oxime groups is 1. The topological polar surface area (TPSA) is 105 Å². The van der Waals surface area contributed by atoms with Crippen molar-refractivity contribution in [3.05, 3.63) is 57.7 Å². The molecule has 1 rings (SSSR count). The summed E-state index contributed by atoms with van der Waals surface area (Å²) in [6.45, 7) is 3.44. The number of hydrogen-bond donors (Lipinski definition) is 2. The van der Waals surface area contributed by atoms with Gasteiger partial charge in [0.1, 0.15) is 0 Å². The number of carbonyl (C=O) groups excluding carboxylic acids is 1. The summed E-state index contributed by atoms with van der Waals surface area (Å²) in [7, 11) is 0. The van der Waals surface area contributed by atoms with E-state index >= 15 is 0 Å². The van der Waals surface area contributed by atoms with E-state index in [1.807, 2.05) is 30.3 Å². The summed E-state index contributed by atoms with van der Waals surface area (Å²) < 4.78 is 0. The summed E-state index contributed by atoms with van der Waals surface area (Å²) in [6, 6.07) is 8.30. The molecule has 1 unspecified atom stereocenters. The highest BCUT2D eigenvalue weighted by Crippen LogP contribution is 2.10. The quantitative estimate of drug-likeness (QED) is 0.348. The maximum absolute atomic E-state index is 12.0. The largest absolute Gasteiger partial charge is 0.410 e. The van der Waals surface area contributed by atoms with Crippen LogP contribution in [0.15, 0.2) is 47.1 Å². The van der Waals surface area contributed by atoms with Crippen LogP contribution in [0.4, 0.5) is 0 Å². The standard InChI is InChI=1S/C15H19N3O4/c1-3-13(11(2)18(21)22)9-14(17-20)15(19)16-10-12-7-5-4-6-8-12/h4-9,11,20H,3,10H2,1-2H3,(H,16,19). The number of nitrogens with zero attached hydrogens (tertiary/aromatic N) is 2. The molecule has 0 aliphatic rings. The maximum Gasteiger partial charge on any atom is 0.273 e. The SMILES string of the molecule is CCC(=CC(=NO)C(=O)NCc1ccccc1)C(C)[N+](=O)[O-]. The van der Waals surface area contributed by atoms with E-state index in [2.05, 4.69) is 10.5 Å². The zero-order valence-electron chi connectivity index (χ0n) is 12.5. The summed E-state index contributed by atoms with van der Waals surface area (Å²) >= 11 is 0. The van der Waals surface area contributed by atoms with Crippen molar-refractivity contribution in [3.63, 3.8) is 0 Å². The molecule has 1 amide bonds. The lowest BCUT2D eigenvalue weighted by Crippen LogP contribution is -2.30. The minimum atomic E-state index is -0.941. The van der Waals surface area contributed by atoms with E-state index in [4.69, 9.17) is 5.21 Å². The Morgan fingerprint density at radius 3 is 2.59 bits per heavy atom. The fourth-order valence-corrected chi connectivity index (χ4v) is 1.84. The second kappa shape index (κ2) is 8.56. The third-order valence-corrected chi connectivity index (χ3v) is 3.22. The van der Waals surface area contributed by atoms with Gasteiger partial charge in [0, 0.05) is 24.0 Å². The van der Waals surface area contributed by atoms with Gasteiger partial charge in [0.05, 0.1) is 0 Å². The number of amides is 1. The molecule has 0 bridgehead atoms. The van der Waals surface area contributed by atoms with Gasteiger partial charge in [-0.2, -0.15) is 0 Å². The lowest BCUT2D eigenvalue weighted by Gasteiger charge is -2.08. The number of nitro groups is 1. The number of rotatable bonds is 7. The van der Waals surface area contributed by atoms with Gasteiger partial charge in [-0.15, -0.1) is 0 Å². The highest BCUT2D eigenvalue weighted by atomic mass is 16.6. The van der Waals surface area contributed by atoms with E-state index in [0.717, 1.165) is 5.56 Å². The van der Waals surface area contributed by atoms with Gasteiger partial charge in [-0.05, 0) is 18.1 Å². The van der Waals surface area contributed by atoms with E-state index in [1.165, 1.54) is 13.0 Å². The maximum atomic E-state index is 12.0. The molecule has 7 nitrogen and oxygen atoms in total. The zero-order chi connectivity index (χ0) is 16.5.